The second kappa shape index (κ2) is 10.2. The summed E-state index contributed by atoms with van der Waals surface area (Å²) in [5, 5.41) is 11.6. The smallest absolute Gasteiger partial charge is 0.191 e. The lowest BCUT2D eigenvalue weighted by Crippen LogP contribution is -2.48. The lowest BCUT2D eigenvalue weighted by Gasteiger charge is -2.26. The van der Waals surface area contributed by atoms with E-state index in [-0.39, 0.29) is 24.0 Å². The molecule has 0 amide bonds. The van der Waals surface area contributed by atoms with E-state index >= 15 is 0 Å². The van der Waals surface area contributed by atoms with Crippen LogP contribution in [0.1, 0.15) is 64.5 Å². The number of nitrogens with one attached hydrogen (secondary N) is 2. The van der Waals surface area contributed by atoms with Gasteiger partial charge in [-0.2, -0.15) is 5.10 Å². The van der Waals surface area contributed by atoms with Gasteiger partial charge < -0.3 is 10.6 Å². The van der Waals surface area contributed by atoms with Gasteiger partial charge in [-0.3, -0.25) is 4.99 Å². The molecule has 2 N–H and O–H groups in total. The zero-order valence-electron chi connectivity index (χ0n) is 15.7. The van der Waals surface area contributed by atoms with Gasteiger partial charge in [-0.15, -0.1) is 24.0 Å². The monoisotopic (exact) mass is 448 g/mol. The van der Waals surface area contributed by atoms with Crippen molar-refractivity contribution in [2.45, 2.75) is 71.9 Å². The van der Waals surface area contributed by atoms with Gasteiger partial charge in [0.25, 0.3) is 0 Å². The third-order valence-electron chi connectivity index (χ3n) is 4.67. The molecule has 1 aromatic rings. The number of halogens is 1. The van der Waals surface area contributed by atoms with Crippen molar-refractivity contribution in [3.8, 4) is 0 Å². The maximum Gasteiger partial charge on any atom is 0.191 e. The molecule has 6 nitrogen and oxygen atoms in total. The molecule has 7 heteroatoms. The molecule has 0 aromatic carbocycles. The Labute approximate surface area is 163 Å². The van der Waals surface area contributed by atoms with E-state index in [1.807, 2.05) is 7.05 Å². The van der Waals surface area contributed by atoms with Crippen LogP contribution in [0.25, 0.3) is 0 Å². The van der Waals surface area contributed by atoms with Crippen LogP contribution in [0.15, 0.2) is 4.99 Å². The van der Waals surface area contributed by atoms with Gasteiger partial charge in [-0.1, -0.05) is 40.5 Å². The Morgan fingerprint density at radius 3 is 2.62 bits per heavy atom. The number of guanidine groups is 1. The lowest BCUT2D eigenvalue weighted by atomic mass is 10.0. The van der Waals surface area contributed by atoms with Crippen LogP contribution >= 0.6 is 24.0 Å². The van der Waals surface area contributed by atoms with Crippen molar-refractivity contribution >= 4 is 29.9 Å². The van der Waals surface area contributed by atoms with E-state index < -0.39 is 0 Å². The van der Waals surface area contributed by atoms with Crippen LogP contribution in [0.3, 0.4) is 0 Å². The van der Waals surface area contributed by atoms with Crippen LogP contribution in [0.2, 0.25) is 0 Å². The molecule has 2 heterocycles. The number of hydrogen-bond acceptors (Lipinski definition) is 3. The Morgan fingerprint density at radius 1 is 1.33 bits per heavy atom. The van der Waals surface area contributed by atoms with Gasteiger partial charge in [0, 0.05) is 32.0 Å². The summed E-state index contributed by atoms with van der Waals surface area (Å²) < 4.78 is 2.06. The molecular weight excluding hydrogens is 415 g/mol. The molecule has 1 unspecified atom stereocenters. The molecule has 0 saturated heterocycles. The topological polar surface area (TPSA) is 67.1 Å². The number of rotatable bonds is 6. The minimum atomic E-state index is 0. The van der Waals surface area contributed by atoms with E-state index in [1.165, 1.54) is 12.8 Å². The summed E-state index contributed by atoms with van der Waals surface area (Å²) in [5.74, 6) is 4.06. The average molecular weight is 448 g/mol. The lowest BCUT2D eigenvalue weighted by molar-refractivity contribution is 0.389. The van der Waals surface area contributed by atoms with Crippen LogP contribution < -0.4 is 10.6 Å². The molecule has 0 saturated carbocycles. The SMILES string of the molecule is CCC(CC)CNC(=NC)NC1CCc2nc(C(C)C)nn2C1.I. The highest BCUT2D eigenvalue weighted by Crippen LogP contribution is 2.17. The summed E-state index contributed by atoms with van der Waals surface area (Å²) in [4.78, 5) is 9.01. The molecule has 0 radical (unpaired) electrons. The second-order valence-electron chi connectivity index (χ2n) is 6.74. The summed E-state index contributed by atoms with van der Waals surface area (Å²) in [6.07, 6.45) is 4.44. The standard InChI is InChI=1S/C17H32N6.HI/c1-6-13(7-2)10-19-17(18-5)20-14-8-9-15-21-16(12(3)4)22-23(15)11-14;/h12-14H,6-11H2,1-5H3,(H2,18,19,20);1H. The Balaban J connectivity index is 0.00000288. The van der Waals surface area contributed by atoms with Crippen molar-refractivity contribution in [1.29, 1.82) is 0 Å². The Bertz CT molecular complexity index is 521. The summed E-state index contributed by atoms with van der Waals surface area (Å²) in [6, 6.07) is 0.358. The van der Waals surface area contributed by atoms with Crippen molar-refractivity contribution in [1.82, 2.24) is 25.4 Å². The summed E-state index contributed by atoms with van der Waals surface area (Å²) in [6.45, 7) is 10.6. The fourth-order valence-electron chi connectivity index (χ4n) is 2.90. The first kappa shape index (κ1) is 21.2. The highest BCUT2D eigenvalue weighted by atomic mass is 127. The second-order valence-corrected chi connectivity index (χ2v) is 6.74. The quantitative estimate of drug-likeness (QED) is 0.399. The Kier molecular flexibility index (Phi) is 9.01. The van der Waals surface area contributed by atoms with Crippen LogP contribution in [-0.4, -0.2) is 40.4 Å². The fraction of sp³-hybridized carbons (Fsp3) is 0.824. The van der Waals surface area contributed by atoms with E-state index in [9.17, 15) is 0 Å². The third kappa shape index (κ3) is 5.60. The first-order valence-electron chi connectivity index (χ1n) is 8.98. The highest BCUT2D eigenvalue weighted by molar-refractivity contribution is 14.0. The first-order valence-corrected chi connectivity index (χ1v) is 8.98. The van der Waals surface area contributed by atoms with E-state index in [1.54, 1.807) is 0 Å². The van der Waals surface area contributed by atoms with Gasteiger partial charge in [0.2, 0.25) is 0 Å². The molecule has 0 bridgehead atoms. The Morgan fingerprint density at radius 2 is 2.04 bits per heavy atom. The molecule has 2 rings (SSSR count). The highest BCUT2D eigenvalue weighted by Gasteiger charge is 2.23. The van der Waals surface area contributed by atoms with Crippen molar-refractivity contribution in [3.05, 3.63) is 11.6 Å². The van der Waals surface area contributed by atoms with Crippen LogP contribution in [0.5, 0.6) is 0 Å². The molecule has 1 aliphatic heterocycles. The third-order valence-corrected chi connectivity index (χ3v) is 4.67. The molecule has 0 fully saturated rings. The normalized spacial score (nSPS) is 17.6. The van der Waals surface area contributed by atoms with Gasteiger partial charge in [0.1, 0.15) is 5.82 Å². The van der Waals surface area contributed by atoms with Gasteiger partial charge in [-0.05, 0) is 12.3 Å². The minimum Gasteiger partial charge on any atom is -0.356 e. The predicted molar refractivity (Wildman–Crippen MR) is 110 cm³/mol. The summed E-state index contributed by atoms with van der Waals surface area (Å²) in [7, 11) is 1.84. The number of aliphatic imine (C=N–C) groups is 1. The first-order chi connectivity index (χ1) is 11.1. The van der Waals surface area contributed by atoms with E-state index in [0.717, 1.165) is 43.5 Å². The zero-order chi connectivity index (χ0) is 16.8. The summed E-state index contributed by atoms with van der Waals surface area (Å²) in [5.41, 5.74) is 0. The molecule has 24 heavy (non-hydrogen) atoms. The van der Waals surface area contributed by atoms with Gasteiger partial charge in [0.15, 0.2) is 11.8 Å². The number of fused-ring (bicyclic) bond motifs is 1. The molecule has 1 aromatic heterocycles. The average Bonchev–Trinajstić information content (AvgIpc) is 2.98. The van der Waals surface area contributed by atoms with Gasteiger partial charge >= 0.3 is 0 Å². The van der Waals surface area contributed by atoms with E-state index in [0.29, 0.717) is 17.9 Å². The van der Waals surface area contributed by atoms with Gasteiger partial charge in [0.05, 0.1) is 6.54 Å². The summed E-state index contributed by atoms with van der Waals surface area (Å²) >= 11 is 0. The molecule has 1 aliphatic rings. The predicted octanol–water partition coefficient (Wildman–Crippen LogP) is 2.94. The van der Waals surface area contributed by atoms with Crippen molar-refractivity contribution in [3.63, 3.8) is 0 Å². The number of aryl methyl sites for hydroxylation is 1. The van der Waals surface area contributed by atoms with Crippen LogP contribution in [0.4, 0.5) is 0 Å². The van der Waals surface area contributed by atoms with Crippen molar-refractivity contribution < 1.29 is 0 Å². The molecule has 138 valence electrons. The van der Waals surface area contributed by atoms with Crippen LogP contribution in [0, 0.1) is 5.92 Å². The minimum absolute atomic E-state index is 0. The molecule has 1 atom stereocenters. The maximum absolute atomic E-state index is 4.64. The van der Waals surface area contributed by atoms with Crippen molar-refractivity contribution in [2.75, 3.05) is 13.6 Å². The maximum atomic E-state index is 4.64. The van der Waals surface area contributed by atoms with Gasteiger partial charge in [-0.25, -0.2) is 9.67 Å². The number of hydrogen-bond donors (Lipinski definition) is 2. The molecule has 0 aliphatic carbocycles. The Hall–Kier alpha value is -0.860. The van der Waals surface area contributed by atoms with Crippen LogP contribution in [-0.2, 0) is 13.0 Å². The molecular formula is C17H33IN6. The van der Waals surface area contributed by atoms with E-state index in [4.69, 9.17) is 0 Å². The fourth-order valence-corrected chi connectivity index (χ4v) is 2.90. The van der Waals surface area contributed by atoms with Crippen molar-refractivity contribution in [2.24, 2.45) is 10.9 Å². The van der Waals surface area contributed by atoms with E-state index in [2.05, 4.69) is 58.1 Å². The number of aromatic nitrogens is 3. The number of nitrogens with zero attached hydrogens (tertiary/aromatic N) is 4. The molecule has 0 spiro atoms. The zero-order valence-corrected chi connectivity index (χ0v) is 18.0. The largest absolute Gasteiger partial charge is 0.356 e.